The first-order valence-corrected chi connectivity index (χ1v) is 12.3. The van der Waals surface area contributed by atoms with Crippen molar-refractivity contribution in [2.45, 2.75) is 51.9 Å². The molecule has 0 radical (unpaired) electrons. The maximum absolute atomic E-state index is 12.9. The van der Waals surface area contributed by atoms with Crippen LogP contribution in [0.5, 0.6) is 0 Å². The van der Waals surface area contributed by atoms with Crippen LogP contribution in [0.15, 0.2) is 35.7 Å². The second-order valence-corrected chi connectivity index (χ2v) is 9.29. The maximum Gasteiger partial charge on any atom is 0.416 e. The molecule has 12 heteroatoms. The van der Waals surface area contributed by atoms with Gasteiger partial charge in [0.1, 0.15) is 11.0 Å². The molecule has 0 saturated carbocycles. The molecule has 1 unspecified atom stereocenters. The van der Waals surface area contributed by atoms with Crippen LogP contribution in [0.25, 0.3) is 22.0 Å². The van der Waals surface area contributed by atoms with Gasteiger partial charge in [-0.2, -0.15) is 13.2 Å². The highest BCUT2D eigenvalue weighted by Gasteiger charge is 2.30. The molecule has 0 spiro atoms. The summed E-state index contributed by atoms with van der Waals surface area (Å²) < 4.78 is 45.3. The highest BCUT2D eigenvalue weighted by Crippen LogP contribution is 2.34. The number of benzene rings is 1. The van der Waals surface area contributed by atoms with Crippen molar-refractivity contribution >= 4 is 29.1 Å². The predicted octanol–water partition coefficient (Wildman–Crippen LogP) is 4.55. The molecule has 8 nitrogen and oxygen atoms in total. The quantitative estimate of drug-likeness (QED) is 0.291. The van der Waals surface area contributed by atoms with Gasteiger partial charge in [0.2, 0.25) is 5.91 Å². The Morgan fingerprint density at radius 1 is 1.19 bits per heavy atom. The molecule has 0 fully saturated rings. The number of unbranched alkanes of at least 4 members (excludes halogenated alkanes) is 1. The molecule has 1 aromatic carbocycles. The van der Waals surface area contributed by atoms with Gasteiger partial charge in [-0.3, -0.25) is 9.59 Å². The Balaban J connectivity index is 1.80. The lowest BCUT2D eigenvalue weighted by Gasteiger charge is -2.16. The van der Waals surface area contributed by atoms with Crippen LogP contribution in [0.4, 0.5) is 13.2 Å². The Morgan fingerprint density at radius 2 is 1.86 bits per heavy atom. The Labute approximate surface area is 215 Å². The number of nitrogens with one attached hydrogen (secondary N) is 1. The lowest BCUT2D eigenvalue weighted by molar-refractivity contribution is -0.145. The van der Waals surface area contributed by atoms with Crippen molar-refractivity contribution in [3.05, 3.63) is 52.5 Å². The molecule has 198 valence electrons. The summed E-state index contributed by atoms with van der Waals surface area (Å²) in [6, 6.07) is 5.67. The molecule has 0 aliphatic heterocycles. The highest BCUT2D eigenvalue weighted by atomic mass is 32.1. The second-order valence-electron chi connectivity index (χ2n) is 8.43. The van der Waals surface area contributed by atoms with E-state index in [0.29, 0.717) is 59.0 Å². The van der Waals surface area contributed by atoms with Crippen LogP contribution in [-0.2, 0) is 27.0 Å². The van der Waals surface area contributed by atoms with Gasteiger partial charge >= 0.3 is 12.1 Å². The van der Waals surface area contributed by atoms with Crippen molar-refractivity contribution in [2.24, 2.45) is 5.73 Å². The Morgan fingerprint density at radius 3 is 2.43 bits per heavy atom. The zero-order valence-corrected chi connectivity index (χ0v) is 21.3. The molecule has 2 heterocycles. The van der Waals surface area contributed by atoms with E-state index in [0.717, 1.165) is 12.1 Å². The van der Waals surface area contributed by atoms with E-state index in [-0.39, 0.29) is 5.91 Å². The molecule has 2 amide bonds. The van der Waals surface area contributed by atoms with E-state index < -0.39 is 29.7 Å². The molecule has 2 aromatic heterocycles. The molecule has 3 rings (SSSR count). The minimum Gasteiger partial charge on any atom is -0.467 e. The number of esters is 1. The van der Waals surface area contributed by atoms with Crippen LogP contribution in [0.3, 0.4) is 0 Å². The SMILES string of the molecule is COC(=O)C(CCCCn1c(-c2csc(-c3ccc(C(F)(F)F)cc3)n2)cc(C(N)=O)c1C)NC(C)=O. The third-order valence-corrected chi connectivity index (χ3v) is 6.74. The highest BCUT2D eigenvalue weighted by molar-refractivity contribution is 7.13. The standard InChI is InChI=1S/C25H27F3N4O4S/c1-14-18(22(29)34)12-21(32(14)11-5-4-6-19(24(35)36-3)30-15(2)33)20-13-37-23(31-20)16-7-9-17(10-8-16)25(26,27)28/h7-10,12-13,19H,4-6,11H2,1-3H3,(H2,29,34)(H,30,33). The predicted molar refractivity (Wildman–Crippen MR) is 133 cm³/mol. The molecule has 37 heavy (non-hydrogen) atoms. The molecule has 0 aliphatic carbocycles. The van der Waals surface area contributed by atoms with Crippen molar-refractivity contribution in [1.82, 2.24) is 14.9 Å². The topological polar surface area (TPSA) is 116 Å². The van der Waals surface area contributed by atoms with E-state index in [1.54, 1.807) is 18.4 Å². The molecule has 3 aromatic rings. The lowest BCUT2D eigenvalue weighted by atomic mass is 10.1. The first-order chi connectivity index (χ1) is 17.4. The number of halogens is 3. The largest absolute Gasteiger partial charge is 0.467 e. The van der Waals surface area contributed by atoms with Gasteiger partial charge < -0.3 is 20.4 Å². The van der Waals surface area contributed by atoms with E-state index >= 15 is 0 Å². The van der Waals surface area contributed by atoms with Gasteiger partial charge in [0.05, 0.1) is 29.6 Å². The van der Waals surface area contributed by atoms with Crippen LogP contribution in [0, 0.1) is 6.92 Å². The molecule has 0 saturated heterocycles. The number of nitrogens with zero attached hydrogens (tertiary/aromatic N) is 2. The summed E-state index contributed by atoms with van der Waals surface area (Å²) in [7, 11) is 1.25. The van der Waals surface area contributed by atoms with Gasteiger partial charge in [0.15, 0.2) is 0 Å². The fraction of sp³-hybridized carbons (Fsp3) is 0.360. The number of ether oxygens (including phenoxy) is 1. The van der Waals surface area contributed by atoms with Gasteiger partial charge in [0, 0.05) is 30.1 Å². The van der Waals surface area contributed by atoms with E-state index in [4.69, 9.17) is 10.5 Å². The first-order valence-electron chi connectivity index (χ1n) is 11.4. The lowest BCUT2D eigenvalue weighted by Crippen LogP contribution is -2.40. The van der Waals surface area contributed by atoms with Crippen LogP contribution in [0.2, 0.25) is 0 Å². The average Bonchev–Trinajstić information content (AvgIpc) is 3.45. The third kappa shape index (κ3) is 6.76. The van der Waals surface area contributed by atoms with Crippen molar-refractivity contribution in [3.63, 3.8) is 0 Å². The Kier molecular flexibility index (Phi) is 8.74. The van der Waals surface area contributed by atoms with Gasteiger partial charge in [-0.05, 0) is 44.4 Å². The van der Waals surface area contributed by atoms with E-state index in [1.807, 2.05) is 4.57 Å². The fourth-order valence-electron chi connectivity index (χ4n) is 3.98. The van der Waals surface area contributed by atoms with Gasteiger partial charge in [-0.1, -0.05) is 12.1 Å². The zero-order chi connectivity index (χ0) is 27.3. The molecule has 0 bridgehead atoms. The summed E-state index contributed by atoms with van der Waals surface area (Å²) in [5.74, 6) is -1.45. The summed E-state index contributed by atoms with van der Waals surface area (Å²) in [6.45, 7) is 3.57. The fourth-order valence-corrected chi connectivity index (χ4v) is 4.80. The van der Waals surface area contributed by atoms with Crippen molar-refractivity contribution in [1.29, 1.82) is 0 Å². The van der Waals surface area contributed by atoms with Crippen molar-refractivity contribution < 1.29 is 32.3 Å². The van der Waals surface area contributed by atoms with Crippen molar-refractivity contribution in [3.8, 4) is 22.0 Å². The minimum absolute atomic E-state index is 0.336. The number of aromatic nitrogens is 2. The minimum atomic E-state index is -4.42. The van der Waals surface area contributed by atoms with Crippen LogP contribution < -0.4 is 11.1 Å². The summed E-state index contributed by atoms with van der Waals surface area (Å²) in [6.07, 6.45) is -2.85. The van der Waals surface area contributed by atoms with Crippen LogP contribution in [0.1, 0.15) is 47.8 Å². The average molecular weight is 537 g/mol. The Bertz CT molecular complexity index is 1280. The third-order valence-electron chi connectivity index (χ3n) is 5.85. The number of hydrogen-bond donors (Lipinski definition) is 2. The smallest absolute Gasteiger partial charge is 0.416 e. The normalized spacial score (nSPS) is 12.3. The number of amides is 2. The molecule has 3 N–H and O–H groups in total. The number of thiazole rings is 1. The summed E-state index contributed by atoms with van der Waals surface area (Å²) >= 11 is 1.27. The summed E-state index contributed by atoms with van der Waals surface area (Å²) in [5.41, 5.74) is 7.55. The molecular weight excluding hydrogens is 509 g/mol. The molecule has 0 aliphatic rings. The number of carbonyl (C=O) groups excluding carboxylic acids is 3. The number of methoxy groups -OCH3 is 1. The summed E-state index contributed by atoms with van der Waals surface area (Å²) in [4.78, 5) is 39.9. The molecular formula is C25H27F3N4O4S. The van der Waals surface area contributed by atoms with Crippen molar-refractivity contribution in [2.75, 3.05) is 7.11 Å². The van der Waals surface area contributed by atoms with Crippen LogP contribution >= 0.6 is 11.3 Å². The monoisotopic (exact) mass is 536 g/mol. The second kappa shape index (κ2) is 11.6. The van der Waals surface area contributed by atoms with E-state index in [2.05, 4.69) is 10.3 Å². The summed E-state index contributed by atoms with van der Waals surface area (Å²) in [5, 5.41) is 4.88. The van der Waals surface area contributed by atoms with E-state index in [1.165, 1.54) is 37.5 Å². The Hall–Kier alpha value is -3.67. The number of carbonyl (C=O) groups is 3. The number of primary amides is 1. The van der Waals surface area contributed by atoms with E-state index in [9.17, 15) is 27.6 Å². The van der Waals surface area contributed by atoms with Gasteiger partial charge in [0.25, 0.3) is 5.91 Å². The number of rotatable bonds is 10. The number of nitrogens with two attached hydrogens (primary N) is 1. The first kappa shape index (κ1) is 27.9. The maximum atomic E-state index is 12.9. The zero-order valence-electron chi connectivity index (χ0n) is 20.5. The number of alkyl halides is 3. The van der Waals surface area contributed by atoms with Gasteiger partial charge in [-0.25, -0.2) is 9.78 Å². The van der Waals surface area contributed by atoms with Crippen LogP contribution in [-0.4, -0.2) is 40.5 Å². The molecule has 1 atom stereocenters. The number of hydrogen-bond acceptors (Lipinski definition) is 6. The van der Waals surface area contributed by atoms with Gasteiger partial charge in [-0.15, -0.1) is 11.3 Å².